The molecule has 0 aliphatic carbocycles. The first-order chi connectivity index (χ1) is 12.2. The molecule has 0 spiro atoms. The summed E-state index contributed by atoms with van der Waals surface area (Å²) in [5, 5.41) is 11.1. The Morgan fingerprint density at radius 2 is 1.92 bits per heavy atom. The summed E-state index contributed by atoms with van der Waals surface area (Å²) in [7, 11) is 0. The molecule has 0 bridgehead atoms. The second kappa shape index (κ2) is 8.46. The van der Waals surface area contributed by atoms with E-state index < -0.39 is 0 Å². The normalized spacial score (nSPS) is 15.0. The number of carbonyl (C=O) groups excluding carboxylic acids is 1. The van der Waals surface area contributed by atoms with E-state index in [9.17, 15) is 4.79 Å². The number of carbonyl (C=O) groups is 1. The van der Waals surface area contributed by atoms with Crippen LogP contribution in [0.5, 0.6) is 5.75 Å². The van der Waals surface area contributed by atoms with Crippen molar-refractivity contribution in [3.63, 3.8) is 0 Å². The molecular formula is C19H24N4O2. The molecule has 2 aromatic rings. The Balaban J connectivity index is 1.44. The molecule has 6 heteroatoms. The zero-order valence-electron chi connectivity index (χ0n) is 14.5. The van der Waals surface area contributed by atoms with Gasteiger partial charge in [0, 0.05) is 13.1 Å². The molecule has 25 heavy (non-hydrogen) atoms. The van der Waals surface area contributed by atoms with Crippen LogP contribution in [-0.4, -0.2) is 35.8 Å². The standard InChI is InChI=1S/C19H24N4O2/c1-15-9-12-23(13-10-15)18-8-7-17(21-22-18)20-19(24)11-14-25-16-5-3-2-4-6-16/h2-8,15H,9-14H2,1H3,(H,20,21,24). The summed E-state index contributed by atoms with van der Waals surface area (Å²) in [5.41, 5.74) is 0. The van der Waals surface area contributed by atoms with Crippen LogP contribution in [0.2, 0.25) is 0 Å². The Labute approximate surface area is 148 Å². The van der Waals surface area contributed by atoms with Crippen molar-refractivity contribution in [1.29, 1.82) is 0 Å². The molecule has 0 unspecified atom stereocenters. The van der Waals surface area contributed by atoms with Gasteiger partial charge in [-0.15, -0.1) is 10.2 Å². The lowest BCUT2D eigenvalue weighted by atomic mass is 9.99. The lowest BCUT2D eigenvalue weighted by molar-refractivity contribution is -0.116. The number of anilines is 2. The second-order valence-electron chi connectivity index (χ2n) is 6.41. The van der Waals surface area contributed by atoms with Gasteiger partial charge in [-0.1, -0.05) is 25.1 Å². The van der Waals surface area contributed by atoms with Crippen molar-refractivity contribution >= 4 is 17.5 Å². The van der Waals surface area contributed by atoms with E-state index in [2.05, 4.69) is 27.3 Å². The monoisotopic (exact) mass is 340 g/mol. The van der Waals surface area contributed by atoms with Crippen molar-refractivity contribution in [2.45, 2.75) is 26.2 Å². The average molecular weight is 340 g/mol. The molecule has 0 saturated carbocycles. The Morgan fingerprint density at radius 1 is 1.16 bits per heavy atom. The molecule has 1 aliphatic heterocycles. The minimum Gasteiger partial charge on any atom is -0.493 e. The maximum atomic E-state index is 12.0. The number of piperidine rings is 1. The molecule has 1 aromatic heterocycles. The molecular weight excluding hydrogens is 316 g/mol. The van der Waals surface area contributed by atoms with Crippen molar-refractivity contribution < 1.29 is 9.53 Å². The van der Waals surface area contributed by atoms with E-state index in [4.69, 9.17) is 4.74 Å². The lowest BCUT2D eigenvalue weighted by Gasteiger charge is -2.30. The molecule has 1 N–H and O–H groups in total. The third-order valence-corrected chi connectivity index (χ3v) is 4.37. The van der Waals surface area contributed by atoms with Crippen LogP contribution in [0.25, 0.3) is 0 Å². The van der Waals surface area contributed by atoms with Gasteiger partial charge in [0.2, 0.25) is 5.91 Å². The Bertz CT molecular complexity index is 668. The zero-order chi connectivity index (χ0) is 17.5. The molecule has 132 valence electrons. The van der Waals surface area contributed by atoms with E-state index in [0.29, 0.717) is 12.4 Å². The highest BCUT2D eigenvalue weighted by Gasteiger charge is 2.17. The van der Waals surface area contributed by atoms with Gasteiger partial charge in [0.25, 0.3) is 0 Å². The largest absolute Gasteiger partial charge is 0.493 e. The van der Waals surface area contributed by atoms with Crippen LogP contribution in [0.15, 0.2) is 42.5 Å². The molecule has 1 aromatic carbocycles. The van der Waals surface area contributed by atoms with E-state index in [1.54, 1.807) is 6.07 Å². The third-order valence-electron chi connectivity index (χ3n) is 4.37. The van der Waals surface area contributed by atoms with Crippen LogP contribution in [-0.2, 0) is 4.79 Å². The smallest absolute Gasteiger partial charge is 0.229 e. The van der Waals surface area contributed by atoms with Crippen molar-refractivity contribution in [3.05, 3.63) is 42.5 Å². The first-order valence-corrected chi connectivity index (χ1v) is 8.77. The van der Waals surface area contributed by atoms with Gasteiger partial charge < -0.3 is 15.0 Å². The van der Waals surface area contributed by atoms with Crippen LogP contribution < -0.4 is 15.0 Å². The highest BCUT2D eigenvalue weighted by atomic mass is 16.5. The first kappa shape index (κ1) is 17.2. The van der Waals surface area contributed by atoms with Crippen molar-refractivity contribution in [2.75, 3.05) is 29.9 Å². The summed E-state index contributed by atoms with van der Waals surface area (Å²) in [4.78, 5) is 14.2. The number of ether oxygens (including phenoxy) is 1. The van der Waals surface area contributed by atoms with Crippen LogP contribution in [0.4, 0.5) is 11.6 Å². The summed E-state index contributed by atoms with van der Waals surface area (Å²) in [6, 6.07) is 13.2. The Kier molecular flexibility index (Phi) is 5.82. The number of aromatic nitrogens is 2. The van der Waals surface area contributed by atoms with Crippen molar-refractivity contribution in [1.82, 2.24) is 10.2 Å². The molecule has 0 radical (unpaired) electrons. The number of rotatable bonds is 6. The number of nitrogens with zero attached hydrogens (tertiary/aromatic N) is 3. The molecule has 1 saturated heterocycles. The van der Waals surface area contributed by atoms with Gasteiger partial charge in [-0.2, -0.15) is 0 Å². The van der Waals surface area contributed by atoms with E-state index in [1.807, 2.05) is 36.4 Å². The van der Waals surface area contributed by atoms with E-state index in [1.165, 1.54) is 12.8 Å². The topological polar surface area (TPSA) is 67.4 Å². The number of hydrogen-bond donors (Lipinski definition) is 1. The average Bonchev–Trinajstić information content (AvgIpc) is 2.64. The van der Waals surface area contributed by atoms with Gasteiger partial charge in [-0.05, 0) is 43.0 Å². The molecule has 0 atom stereocenters. The number of hydrogen-bond acceptors (Lipinski definition) is 5. The van der Waals surface area contributed by atoms with Crippen LogP contribution in [0, 0.1) is 5.92 Å². The lowest BCUT2D eigenvalue weighted by Crippen LogP contribution is -2.33. The maximum absolute atomic E-state index is 12.0. The quantitative estimate of drug-likeness (QED) is 0.875. The van der Waals surface area contributed by atoms with Crippen LogP contribution in [0.1, 0.15) is 26.2 Å². The maximum Gasteiger partial charge on any atom is 0.229 e. The summed E-state index contributed by atoms with van der Waals surface area (Å²) < 4.78 is 5.52. The van der Waals surface area contributed by atoms with Gasteiger partial charge in [0.05, 0.1) is 13.0 Å². The SMILES string of the molecule is CC1CCN(c2ccc(NC(=O)CCOc3ccccc3)nn2)CC1. The number of para-hydroxylation sites is 1. The fourth-order valence-electron chi connectivity index (χ4n) is 2.78. The number of amides is 1. The highest BCUT2D eigenvalue weighted by Crippen LogP contribution is 2.21. The van der Waals surface area contributed by atoms with Gasteiger partial charge in [-0.3, -0.25) is 4.79 Å². The highest BCUT2D eigenvalue weighted by molar-refractivity contribution is 5.89. The fourth-order valence-corrected chi connectivity index (χ4v) is 2.78. The Hall–Kier alpha value is -2.63. The van der Waals surface area contributed by atoms with Crippen molar-refractivity contribution in [3.8, 4) is 5.75 Å². The number of nitrogens with one attached hydrogen (secondary N) is 1. The van der Waals surface area contributed by atoms with Crippen molar-refractivity contribution in [2.24, 2.45) is 5.92 Å². The summed E-state index contributed by atoms with van der Waals surface area (Å²) in [6.45, 7) is 4.63. The van der Waals surface area contributed by atoms with Gasteiger partial charge >= 0.3 is 0 Å². The minimum absolute atomic E-state index is 0.134. The first-order valence-electron chi connectivity index (χ1n) is 8.77. The predicted molar refractivity (Wildman–Crippen MR) is 97.8 cm³/mol. The molecule has 6 nitrogen and oxygen atoms in total. The summed E-state index contributed by atoms with van der Waals surface area (Å²) in [5.74, 6) is 2.75. The second-order valence-corrected chi connectivity index (χ2v) is 6.41. The Morgan fingerprint density at radius 3 is 2.60 bits per heavy atom. The van der Waals surface area contributed by atoms with Crippen LogP contribution in [0.3, 0.4) is 0 Å². The molecule has 2 heterocycles. The molecule has 3 rings (SSSR count). The van der Waals surface area contributed by atoms with Gasteiger partial charge in [-0.25, -0.2) is 0 Å². The molecule has 1 fully saturated rings. The van der Waals surface area contributed by atoms with E-state index in [0.717, 1.165) is 30.6 Å². The summed E-state index contributed by atoms with van der Waals surface area (Å²) in [6.07, 6.45) is 2.63. The van der Waals surface area contributed by atoms with Gasteiger partial charge in [0.15, 0.2) is 11.6 Å². The third kappa shape index (κ3) is 5.17. The van der Waals surface area contributed by atoms with Crippen LogP contribution >= 0.6 is 0 Å². The molecule has 1 aliphatic rings. The van der Waals surface area contributed by atoms with E-state index in [-0.39, 0.29) is 12.3 Å². The predicted octanol–water partition coefficient (Wildman–Crippen LogP) is 3.12. The molecule has 1 amide bonds. The minimum atomic E-state index is -0.134. The van der Waals surface area contributed by atoms with Gasteiger partial charge in [0.1, 0.15) is 5.75 Å². The fraction of sp³-hybridized carbons (Fsp3) is 0.421. The zero-order valence-corrected chi connectivity index (χ0v) is 14.5. The summed E-state index contributed by atoms with van der Waals surface area (Å²) >= 11 is 0. The number of benzene rings is 1. The van der Waals surface area contributed by atoms with E-state index >= 15 is 0 Å².